The summed E-state index contributed by atoms with van der Waals surface area (Å²) in [7, 11) is 0. The average Bonchev–Trinajstić information content (AvgIpc) is 3.13. The maximum atomic E-state index is 12.5. The second-order valence-electron chi connectivity index (χ2n) is 4.93. The number of hydrogen-bond donors (Lipinski definition) is 0. The van der Waals surface area contributed by atoms with E-state index in [1.54, 1.807) is 0 Å². The van der Waals surface area contributed by atoms with Gasteiger partial charge in [0, 0.05) is 13.1 Å². The number of rotatable bonds is 4. The second kappa shape index (κ2) is 4.52. The second-order valence-corrected chi connectivity index (χ2v) is 4.93. The van der Waals surface area contributed by atoms with Crippen LogP contribution in [0.3, 0.4) is 0 Å². The van der Waals surface area contributed by atoms with Crippen LogP contribution in [0.25, 0.3) is 0 Å². The molecule has 2 nitrogen and oxygen atoms in total. The summed E-state index contributed by atoms with van der Waals surface area (Å²) < 4.78 is 0. The van der Waals surface area contributed by atoms with E-state index in [4.69, 9.17) is 0 Å². The molecule has 1 aromatic carbocycles. The summed E-state index contributed by atoms with van der Waals surface area (Å²) in [4.78, 5) is 14.5. The molecule has 1 aromatic rings. The van der Waals surface area contributed by atoms with Gasteiger partial charge in [-0.2, -0.15) is 0 Å². The molecule has 0 atom stereocenters. The molecule has 2 rings (SSSR count). The zero-order valence-corrected chi connectivity index (χ0v) is 11.0. The fourth-order valence-corrected chi connectivity index (χ4v) is 2.44. The summed E-state index contributed by atoms with van der Waals surface area (Å²) in [6, 6.07) is 8.43. The van der Waals surface area contributed by atoms with Crippen molar-refractivity contribution in [2.45, 2.75) is 39.0 Å². The van der Waals surface area contributed by atoms with Crippen LogP contribution in [0, 0.1) is 6.92 Å². The van der Waals surface area contributed by atoms with E-state index in [-0.39, 0.29) is 5.41 Å². The number of hydrogen-bond acceptors (Lipinski definition) is 1. The highest BCUT2D eigenvalue weighted by Gasteiger charge is 2.52. The summed E-state index contributed by atoms with van der Waals surface area (Å²) in [5.74, 6) is 0.311. The Balaban J connectivity index is 2.25. The molecular weight excluding hydrogens is 210 g/mol. The smallest absolute Gasteiger partial charge is 0.233 e. The molecule has 17 heavy (non-hydrogen) atoms. The molecule has 1 aliphatic rings. The van der Waals surface area contributed by atoms with Crippen molar-refractivity contribution < 1.29 is 4.79 Å². The van der Waals surface area contributed by atoms with E-state index in [9.17, 15) is 4.79 Å². The Kier molecular flexibility index (Phi) is 3.23. The van der Waals surface area contributed by atoms with Crippen molar-refractivity contribution in [3.63, 3.8) is 0 Å². The monoisotopic (exact) mass is 231 g/mol. The van der Waals surface area contributed by atoms with E-state index < -0.39 is 0 Å². The van der Waals surface area contributed by atoms with Crippen molar-refractivity contribution in [1.82, 2.24) is 4.90 Å². The van der Waals surface area contributed by atoms with E-state index >= 15 is 0 Å². The molecule has 0 N–H and O–H groups in total. The van der Waals surface area contributed by atoms with Crippen LogP contribution >= 0.6 is 0 Å². The lowest BCUT2D eigenvalue weighted by Gasteiger charge is -2.25. The molecule has 0 saturated heterocycles. The molecule has 2 heteroatoms. The molecule has 92 valence electrons. The summed E-state index contributed by atoms with van der Waals surface area (Å²) in [5, 5.41) is 0. The Morgan fingerprint density at radius 3 is 2.12 bits per heavy atom. The van der Waals surface area contributed by atoms with E-state index in [0.717, 1.165) is 25.9 Å². The lowest BCUT2D eigenvalue weighted by molar-refractivity contribution is -0.133. The number of benzene rings is 1. The molecule has 1 amide bonds. The third-order valence-corrected chi connectivity index (χ3v) is 3.81. The topological polar surface area (TPSA) is 20.3 Å². The normalized spacial score (nSPS) is 16.6. The van der Waals surface area contributed by atoms with Crippen LogP contribution in [-0.2, 0) is 10.2 Å². The van der Waals surface area contributed by atoms with Gasteiger partial charge >= 0.3 is 0 Å². The lowest BCUT2D eigenvalue weighted by atomic mass is 9.93. The third-order valence-electron chi connectivity index (χ3n) is 3.81. The zero-order chi connectivity index (χ0) is 12.5. The minimum absolute atomic E-state index is 0.195. The van der Waals surface area contributed by atoms with Crippen LogP contribution in [0.4, 0.5) is 0 Å². The number of nitrogens with zero attached hydrogens (tertiary/aromatic N) is 1. The maximum Gasteiger partial charge on any atom is 0.233 e. The Hall–Kier alpha value is -1.31. The highest BCUT2D eigenvalue weighted by molar-refractivity contribution is 5.91. The van der Waals surface area contributed by atoms with Gasteiger partial charge in [0.2, 0.25) is 5.91 Å². The van der Waals surface area contributed by atoms with Gasteiger partial charge < -0.3 is 4.90 Å². The largest absolute Gasteiger partial charge is 0.342 e. The zero-order valence-electron chi connectivity index (χ0n) is 11.0. The lowest BCUT2D eigenvalue weighted by Crippen LogP contribution is -2.39. The Morgan fingerprint density at radius 2 is 1.71 bits per heavy atom. The summed E-state index contributed by atoms with van der Waals surface area (Å²) in [6.45, 7) is 7.79. The molecule has 0 aliphatic heterocycles. The molecule has 0 spiro atoms. The Labute approximate surface area is 104 Å². The van der Waals surface area contributed by atoms with Gasteiger partial charge in [-0.05, 0) is 39.2 Å². The highest BCUT2D eigenvalue weighted by Crippen LogP contribution is 2.49. The predicted molar refractivity (Wildman–Crippen MR) is 70.0 cm³/mol. The van der Waals surface area contributed by atoms with Gasteiger partial charge in [0.25, 0.3) is 0 Å². The molecule has 0 heterocycles. The van der Waals surface area contributed by atoms with Crippen molar-refractivity contribution in [3.8, 4) is 0 Å². The molecule has 0 bridgehead atoms. The van der Waals surface area contributed by atoms with Crippen molar-refractivity contribution in [2.24, 2.45) is 0 Å². The minimum atomic E-state index is -0.195. The Morgan fingerprint density at radius 1 is 1.18 bits per heavy atom. The average molecular weight is 231 g/mol. The van der Waals surface area contributed by atoms with E-state index in [1.807, 2.05) is 18.7 Å². The fraction of sp³-hybridized carbons (Fsp3) is 0.533. The van der Waals surface area contributed by atoms with Crippen LogP contribution in [0.1, 0.15) is 37.8 Å². The van der Waals surface area contributed by atoms with Crippen LogP contribution in [0.15, 0.2) is 24.3 Å². The van der Waals surface area contributed by atoms with Gasteiger partial charge in [-0.25, -0.2) is 0 Å². The molecule has 0 radical (unpaired) electrons. The first-order chi connectivity index (χ1) is 8.14. The third kappa shape index (κ3) is 2.08. The standard InChI is InChI=1S/C15H21NO/c1-4-16(5-2)14(17)15(10-11-15)13-8-6-12(3)7-9-13/h6-9H,4-5,10-11H2,1-3H3. The first kappa shape index (κ1) is 12.2. The quantitative estimate of drug-likeness (QED) is 0.780. The van der Waals surface area contributed by atoms with Gasteiger partial charge in [-0.1, -0.05) is 29.8 Å². The molecular formula is C15H21NO. The number of aryl methyl sites for hydroxylation is 1. The van der Waals surface area contributed by atoms with Crippen LogP contribution in [0.2, 0.25) is 0 Å². The number of carbonyl (C=O) groups excluding carboxylic acids is 1. The van der Waals surface area contributed by atoms with Gasteiger partial charge in [0.15, 0.2) is 0 Å². The first-order valence-corrected chi connectivity index (χ1v) is 6.50. The summed E-state index contributed by atoms with van der Waals surface area (Å²) in [6.07, 6.45) is 2.01. The van der Waals surface area contributed by atoms with Crippen LogP contribution < -0.4 is 0 Å². The van der Waals surface area contributed by atoms with Crippen LogP contribution in [0.5, 0.6) is 0 Å². The SMILES string of the molecule is CCN(CC)C(=O)C1(c2ccc(C)cc2)CC1. The van der Waals surface area contributed by atoms with Crippen molar-refractivity contribution in [3.05, 3.63) is 35.4 Å². The van der Waals surface area contributed by atoms with Crippen molar-refractivity contribution in [1.29, 1.82) is 0 Å². The maximum absolute atomic E-state index is 12.5. The highest BCUT2D eigenvalue weighted by atomic mass is 16.2. The molecule has 0 unspecified atom stereocenters. The first-order valence-electron chi connectivity index (χ1n) is 6.50. The van der Waals surface area contributed by atoms with Gasteiger partial charge in [-0.15, -0.1) is 0 Å². The predicted octanol–water partition coefficient (Wildman–Crippen LogP) is 2.90. The minimum Gasteiger partial charge on any atom is -0.342 e. The van der Waals surface area contributed by atoms with Crippen molar-refractivity contribution in [2.75, 3.05) is 13.1 Å². The van der Waals surface area contributed by atoms with Gasteiger partial charge in [0.05, 0.1) is 5.41 Å². The van der Waals surface area contributed by atoms with Gasteiger partial charge in [-0.3, -0.25) is 4.79 Å². The van der Waals surface area contributed by atoms with Gasteiger partial charge in [0.1, 0.15) is 0 Å². The summed E-state index contributed by atoms with van der Waals surface area (Å²) >= 11 is 0. The number of likely N-dealkylation sites (N-methyl/N-ethyl adjacent to an activating group) is 1. The molecule has 1 fully saturated rings. The summed E-state index contributed by atoms with van der Waals surface area (Å²) in [5.41, 5.74) is 2.25. The molecule has 1 aliphatic carbocycles. The number of carbonyl (C=O) groups is 1. The van der Waals surface area contributed by atoms with Crippen LogP contribution in [-0.4, -0.2) is 23.9 Å². The van der Waals surface area contributed by atoms with E-state index in [2.05, 4.69) is 31.2 Å². The fourth-order valence-electron chi connectivity index (χ4n) is 2.44. The molecule has 1 saturated carbocycles. The van der Waals surface area contributed by atoms with Crippen molar-refractivity contribution >= 4 is 5.91 Å². The Bertz CT molecular complexity index is 399. The molecule has 0 aromatic heterocycles. The number of amides is 1. The van der Waals surface area contributed by atoms with E-state index in [1.165, 1.54) is 11.1 Å². The van der Waals surface area contributed by atoms with E-state index in [0.29, 0.717) is 5.91 Å².